The molecule has 6 nitrogen and oxygen atoms in total. The topological polar surface area (TPSA) is 81.8 Å². The minimum absolute atomic E-state index is 0.0301. The summed E-state index contributed by atoms with van der Waals surface area (Å²) in [5.41, 5.74) is -0.0581. The molecule has 0 fully saturated rings. The number of carboxylic acids is 1. The smallest absolute Gasteiger partial charge is 0.358 e. The van der Waals surface area contributed by atoms with Crippen molar-refractivity contribution in [1.29, 1.82) is 0 Å². The van der Waals surface area contributed by atoms with Crippen LogP contribution >= 0.6 is 11.6 Å². The van der Waals surface area contributed by atoms with Gasteiger partial charge in [0.25, 0.3) is 0 Å². The molecule has 106 valence electrons. The Morgan fingerprint density at radius 2 is 2.00 bits per heavy atom. The summed E-state index contributed by atoms with van der Waals surface area (Å²) < 4.78 is 28.7. The molecule has 0 aliphatic carbocycles. The fraction of sp³-hybridized carbons (Fsp3) is 0.167. The summed E-state index contributed by atoms with van der Waals surface area (Å²) >= 11 is 5.76. The number of rotatable bonds is 4. The van der Waals surface area contributed by atoms with Crippen LogP contribution in [0.25, 0.3) is 11.3 Å². The molecule has 0 unspecified atom stereocenters. The summed E-state index contributed by atoms with van der Waals surface area (Å²) in [5.74, 6) is -2.14. The second kappa shape index (κ2) is 5.38. The van der Waals surface area contributed by atoms with Crippen LogP contribution in [0.4, 0.5) is 4.39 Å². The molecule has 20 heavy (non-hydrogen) atoms. The first-order valence-corrected chi connectivity index (χ1v) is 5.67. The van der Waals surface area contributed by atoms with Crippen LogP contribution in [0.15, 0.2) is 16.7 Å². The van der Waals surface area contributed by atoms with E-state index < -0.39 is 11.8 Å². The van der Waals surface area contributed by atoms with E-state index in [0.717, 1.165) is 0 Å². The minimum Gasteiger partial charge on any atom is -0.492 e. The van der Waals surface area contributed by atoms with Crippen molar-refractivity contribution in [2.75, 3.05) is 14.2 Å². The number of halogens is 2. The molecule has 0 bridgehead atoms. The van der Waals surface area contributed by atoms with E-state index in [9.17, 15) is 9.18 Å². The number of hydrogen-bond acceptors (Lipinski definition) is 5. The van der Waals surface area contributed by atoms with E-state index in [0.29, 0.717) is 0 Å². The van der Waals surface area contributed by atoms with Crippen LogP contribution in [0.1, 0.15) is 10.5 Å². The van der Waals surface area contributed by atoms with Crippen LogP contribution in [-0.2, 0) is 0 Å². The monoisotopic (exact) mass is 301 g/mol. The summed E-state index contributed by atoms with van der Waals surface area (Å²) in [7, 11) is 2.56. The van der Waals surface area contributed by atoms with Crippen LogP contribution in [0, 0.1) is 5.82 Å². The van der Waals surface area contributed by atoms with Gasteiger partial charge in [-0.05, 0) is 6.07 Å². The first-order valence-electron chi connectivity index (χ1n) is 5.30. The predicted molar refractivity (Wildman–Crippen MR) is 67.0 cm³/mol. The summed E-state index contributed by atoms with van der Waals surface area (Å²) in [4.78, 5) is 10.8. The number of aromatic nitrogens is 1. The predicted octanol–water partition coefficient (Wildman–Crippen LogP) is 2.85. The lowest BCUT2D eigenvalue weighted by Crippen LogP contribution is -1.97. The van der Waals surface area contributed by atoms with Gasteiger partial charge in [-0.2, -0.15) is 0 Å². The molecule has 0 spiro atoms. The zero-order valence-corrected chi connectivity index (χ0v) is 11.2. The second-order valence-corrected chi connectivity index (χ2v) is 4.08. The third kappa shape index (κ3) is 2.27. The SMILES string of the molecule is COc1c(-c2cc(C(=O)O)no2)cc(Cl)c(F)c1OC. The van der Waals surface area contributed by atoms with Gasteiger partial charge in [-0.3, -0.25) is 0 Å². The lowest BCUT2D eigenvalue weighted by Gasteiger charge is -2.12. The van der Waals surface area contributed by atoms with Crippen molar-refractivity contribution >= 4 is 17.6 Å². The Balaban J connectivity index is 2.66. The van der Waals surface area contributed by atoms with Crippen molar-refractivity contribution in [2.45, 2.75) is 0 Å². The highest BCUT2D eigenvalue weighted by Gasteiger charge is 2.23. The molecule has 2 rings (SSSR count). The summed E-state index contributed by atoms with van der Waals surface area (Å²) in [6.07, 6.45) is 0. The Hall–Kier alpha value is -2.28. The van der Waals surface area contributed by atoms with Crippen molar-refractivity contribution in [2.24, 2.45) is 0 Å². The van der Waals surface area contributed by atoms with Gasteiger partial charge in [0.2, 0.25) is 0 Å². The first kappa shape index (κ1) is 14.1. The average Bonchev–Trinajstić information content (AvgIpc) is 2.90. The van der Waals surface area contributed by atoms with E-state index in [2.05, 4.69) is 5.16 Å². The molecule has 0 amide bonds. The quantitative estimate of drug-likeness (QED) is 0.935. The van der Waals surface area contributed by atoms with Gasteiger partial charge in [0, 0.05) is 6.07 Å². The fourth-order valence-corrected chi connectivity index (χ4v) is 1.85. The molecule has 1 aromatic heterocycles. The molecule has 0 saturated heterocycles. The molecule has 1 heterocycles. The lowest BCUT2D eigenvalue weighted by atomic mass is 10.1. The van der Waals surface area contributed by atoms with Gasteiger partial charge in [-0.15, -0.1) is 0 Å². The highest BCUT2D eigenvalue weighted by molar-refractivity contribution is 6.31. The number of benzene rings is 1. The summed E-state index contributed by atoms with van der Waals surface area (Å²) in [6.45, 7) is 0. The van der Waals surface area contributed by atoms with Crippen molar-refractivity contribution in [3.8, 4) is 22.8 Å². The van der Waals surface area contributed by atoms with Crippen LogP contribution in [-0.4, -0.2) is 30.5 Å². The van der Waals surface area contributed by atoms with Gasteiger partial charge in [0.15, 0.2) is 28.8 Å². The van der Waals surface area contributed by atoms with Crippen molar-refractivity contribution in [3.05, 3.63) is 28.7 Å². The van der Waals surface area contributed by atoms with Gasteiger partial charge in [0.05, 0.1) is 24.8 Å². The van der Waals surface area contributed by atoms with E-state index in [4.69, 9.17) is 30.7 Å². The molecular weight excluding hydrogens is 293 g/mol. The molecule has 2 aromatic rings. The molecular formula is C12H9ClFNO5. The molecule has 0 aliphatic heterocycles. The highest BCUT2D eigenvalue weighted by atomic mass is 35.5. The van der Waals surface area contributed by atoms with Gasteiger partial charge >= 0.3 is 5.97 Å². The zero-order chi connectivity index (χ0) is 14.9. The molecule has 0 radical (unpaired) electrons. The minimum atomic E-state index is -1.25. The number of methoxy groups -OCH3 is 2. The molecule has 1 aromatic carbocycles. The number of nitrogens with zero attached hydrogens (tertiary/aromatic N) is 1. The number of aromatic carboxylic acids is 1. The van der Waals surface area contributed by atoms with E-state index >= 15 is 0 Å². The first-order chi connectivity index (χ1) is 9.49. The average molecular weight is 302 g/mol. The Kier molecular flexibility index (Phi) is 3.80. The van der Waals surface area contributed by atoms with Crippen molar-refractivity contribution in [1.82, 2.24) is 5.16 Å². The van der Waals surface area contributed by atoms with E-state index in [-0.39, 0.29) is 33.5 Å². The van der Waals surface area contributed by atoms with Crippen molar-refractivity contribution < 1.29 is 28.3 Å². The Bertz CT molecular complexity index is 670. The molecule has 0 saturated carbocycles. The standard InChI is InChI=1S/C12H9ClFNO5/c1-18-10-5(3-6(13)9(14)11(10)19-2)8-4-7(12(16)17)15-20-8/h3-4H,1-2H3,(H,16,17). The zero-order valence-electron chi connectivity index (χ0n) is 10.4. The van der Waals surface area contributed by atoms with E-state index in [1.54, 1.807) is 0 Å². The Labute approximate surface area is 117 Å². The third-order valence-corrected chi connectivity index (χ3v) is 2.81. The number of ether oxygens (including phenoxy) is 2. The van der Waals surface area contributed by atoms with Crippen LogP contribution in [0.5, 0.6) is 11.5 Å². The van der Waals surface area contributed by atoms with Crippen molar-refractivity contribution in [3.63, 3.8) is 0 Å². The highest BCUT2D eigenvalue weighted by Crippen LogP contribution is 2.43. The van der Waals surface area contributed by atoms with Gasteiger partial charge in [-0.1, -0.05) is 16.8 Å². The summed E-state index contributed by atoms with van der Waals surface area (Å²) in [6, 6.07) is 2.41. The van der Waals surface area contributed by atoms with Crippen LogP contribution in [0.2, 0.25) is 5.02 Å². The largest absolute Gasteiger partial charge is 0.492 e. The van der Waals surface area contributed by atoms with Gasteiger partial charge < -0.3 is 19.1 Å². The lowest BCUT2D eigenvalue weighted by molar-refractivity contribution is 0.0686. The maximum absolute atomic E-state index is 13.8. The maximum Gasteiger partial charge on any atom is 0.358 e. The molecule has 1 N–H and O–H groups in total. The number of hydrogen-bond donors (Lipinski definition) is 1. The fourth-order valence-electron chi connectivity index (χ4n) is 1.66. The maximum atomic E-state index is 13.8. The third-order valence-electron chi connectivity index (χ3n) is 2.53. The normalized spacial score (nSPS) is 10.4. The van der Waals surface area contributed by atoms with Gasteiger partial charge in [-0.25, -0.2) is 9.18 Å². The van der Waals surface area contributed by atoms with Gasteiger partial charge in [0.1, 0.15) is 0 Å². The summed E-state index contributed by atoms with van der Waals surface area (Å²) in [5, 5.41) is 12.0. The van der Waals surface area contributed by atoms with E-state index in [1.807, 2.05) is 0 Å². The number of carbonyl (C=O) groups is 1. The molecule has 8 heteroatoms. The molecule has 0 atom stereocenters. The van der Waals surface area contributed by atoms with E-state index in [1.165, 1.54) is 26.4 Å². The Morgan fingerprint density at radius 3 is 2.50 bits per heavy atom. The molecule has 0 aliphatic rings. The Morgan fingerprint density at radius 1 is 1.35 bits per heavy atom. The van der Waals surface area contributed by atoms with Crippen LogP contribution < -0.4 is 9.47 Å². The second-order valence-electron chi connectivity index (χ2n) is 3.67. The van der Waals surface area contributed by atoms with Crippen LogP contribution in [0.3, 0.4) is 0 Å². The number of carboxylic acid groups (broad SMARTS) is 1.